The summed E-state index contributed by atoms with van der Waals surface area (Å²) in [6, 6.07) is 0. The molecule has 0 N–H and O–H groups in total. The van der Waals surface area contributed by atoms with Gasteiger partial charge >= 0.3 is 8.60 Å². The van der Waals surface area contributed by atoms with Crippen LogP contribution in [-0.4, -0.2) is 19.8 Å². The minimum Gasteiger partial charge on any atom is -0.308 e. The van der Waals surface area contributed by atoms with E-state index in [1.54, 1.807) is 0 Å². The molecular formula is C12H21O3P. The Morgan fingerprint density at radius 1 is 0.750 bits per heavy atom. The van der Waals surface area contributed by atoms with Gasteiger partial charge < -0.3 is 13.6 Å². The van der Waals surface area contributed by atoms with Crippen molar-refractivity contribution in [2.45, 2.75) is 20.8 Å². The van der Waals surface area contributed by atoms with Crippen LogP contribution in [0.15, 0.2) is 36.5 Å². The molecule has 92 valence electrons. The molecule has 0 bridgehead atoms. The van der Waals surface area contributed by atoms with Gasteiger partial charge in [-0.3, -0.25) is 0 Å². The molecule has 0 aromatic heterocycles. The highest BCUT2D eigenvalue weighted by atomic mass is 31.2. The summed E-state index contributed by atoms with van der Waals surface area (Å²) < 4.78 is 16.3. The van der Waals surface area contributed by atoms with E-state index in [1.807, 2.05) is 20.8 Å². The van der Waals surface area contributed by atoms with Crippen LogP contribution in [0.3, 0.4) is 0 Å². The fourth-order valence-electron chi connectivity index (χ4n) is 0.600. The third-order valence-corrected chi connectivity index (χ3v) is 2.27. The molecule has 0 saturated heterocycles. The van der Waals surface area contributed by atoms with Crippen LogP contribution in [0.1, 0.15) is 20.8 Å². The topological polar surface area (TPSA) is 27.7 Å². The lowest BCUT2D eigenvalue weighted by atomic mass is 10.4. The second kappa shape index (κ2) is 8.66. The van der Waals surface area contributed by atoms with Gasteiger partial charge in [0.2, 0.25) is 0 Å². The van der Waals surface area contributed by atoms with Crippen LogP contribution < -0.4 is 0 Å². The summed E-state index contributed by atoms with van der Waals surface area (Å²) in [4.78, 5) is 0. The van der Waals surface area contributed by atoms with Crippen molar-refractivity contribution in [3.8, 4) is 0 Å². The number of hydrogen-bond acceptors (Lipinski definition) is 3. The van der Waals surface area contributed by atoms with Gasteiger partial charge in [-0.25, -0.2) is 0 Å². The molecule has 0 aliphatic heterocycles. The zero-order valence-electron chi connectivity index (χ0n) is 10.4. The van der Waals surface area contributed by atoms with Crippen LogP contribution in [0, 0.1) is 0 Å². The Hall–Kier alpha value is -0.470. The summed E-state index contributed by atoms with van der Waals surface area (Å²) >= 11 is 0. The molecule has 0 aliphatic rings. The molecule has 0 rings (SSSR count). The van der Waals surface area contributed by atoms with Crippen molar-refractivity contribution in [1.82, 2.24) is 0 Å². The van der Waals surface area contributed by atoms with Gasteiger partial charge in [0, 0.05) is 0 Å². The molecule has 0 fully saturated rings. The highest BCUT2D eigenvalue weighted by Gasteiger charge is 2.12. The fourth-order valence-corrected chi connectivity index (χ4v) is 1.80. The molecule has 16 heavy (non-hydrogen) atoms. The van der Waals surface area contributed by atoms with Gasteiger partial charge in [0.05, 0.1) is 19.8 Å². The van der Waals surface area contributed by atoms with E-state index >= 15 is 0 Å². The number of rotatable bonds is 9. The average molecular weight is 244 g/mol. The largest absolute Gasteiger partial charge is 0.333 e. The molecule has 0 radical (unpaired) electrons. The van der Waals surface area contributed by atoms with Crippen LogP contribution in [0.4, 0.5) is 0 Å². The molecule has 0 saturated carbocycles. The Balaban J connectivity index is 3.98. The van der Waals surface area contributed by atoms with E-state index in [-0.39, 0.29) is 0 Å². The quantitative estimate of drug-likeness (QED) is 0.453. The first-order valence-corrected chi connectivity index (χ1v) is 6.13. The van der Waals surface area contributed by atoms with Crippen molar-refractivity contribution in [2.24, 2.45) is 0 Å². The lowest BCUT2D eigenvalue weighted by Crippen LogP contribution is -2.01. The summed E-state index contributed by atoms with van der Waals surface area (Å²) in [5, 5.41) is 0. The highest BCUT2D eigenvalue weighted by molar-refractivity contribution is 7.41. The van der Waals surface area contributed by atoms with E-state index in [1.165, 1.54) is 0 Å². The highest BCUT2D eigenvalue weighted by Crippen LogP contribution is 2.40. The third kappa shape index (κ3) is 10.1. The maximum Gasteiger partial charge on any atom is 0.333 e. The van der Waals surface area contributed by atoms with Crippen molar-refractivity contribution >= 4 is 8.60 Å². The van der Waals surface area contributed by atoms with E-state index in [2.05, 4.69) is 19.7 Å². The Bertz CT molecular complexity index is 218. The van der Waals surface area contributed by atoms with Crippen molar-refractivity contribution < 1.29 is 13.6 Å². The molecule has 0 aromatic rings. The summed E-state index contributed by atoms with van der Waals surface area (Å²) in [6.45, 7) is 18.3. The van der Waals surface area contributed by atoms with E-state index in [9.17, 15) is 0 Å². The van der Waals surface area contributed by atoms with E-state index in [0.29, 0.717) is 19.8 Å². The van der Waals surface area contributed by atoms with Gasteiger partial charge in [0.25, 0.3) is 0 Å². The van der Waals surface area contributed by atoms with Gasteiger partial charge in [-0.2, -0.15) is 0 Å². The molecule has 0 aromatic carbocycles. The smallest absolute Gasteiger partial charge is 0.308 e. The Morgan fingerprint density at radius 2 is 1.00 bits per heavy atom. The third-order valence-electron chi connectivity index (χ3n) is 1.25. The maximum atomic E-state index is 5.44. The van der Waals surface area contributed by atoms with Gasteiger partial charge in [0.15, 0.2) is 0 Å². The zero-order chi connectivity index (χ0) is 12.6. The van der Waals surface area contributed by atoms with Crippen LogP contribution >= 0.6 is 8.60 Å². The summed E-state index contributed by atoms with van der Waals surface area (Å²) in [5.41, 5.74) is 2.81. The molecular weight excluding hydrogens is 223 g/mol. The lowest BCUT2D eigenvalue weighted by Gasteiger charge is -2.16. The second-order valence-corrected chi connectivity index (χ2v) is 5.14. The molecule has 0 atom stereocenters. The predicted octanol–water partition coefficient (Wildman–Crippen LogP) is 3.99. The lowest BCUT2D eigenvalue weighted by molar-refractivity contribution is 0.187. The van der Waals surface area contributed by atoms with Crippen molar-refractivity contribution in [2.75, 3.05) is 19.8 Å². The van der Waals surface area contributed by atoms with Crippen LogP contribution in [0.25, 0.3) is 0 Å². The van der Waals surface area contributed by atoms with Crippen LogP contribution in [0.2, 0.25) is 0 Å². The fraction of sp³-hybridized carbons (Fsp3) is 0.500. The van der Waals surface area contributed by atoms with Gasteiger partial charge in [-0.15, -0.1) is 0 Å². The first kappa shape index (κ1) is 15.5. The zero-order valence-corrected chi connectivity index (χ0v) is 11.3. The molecule has 0 heterocycles. The maximum absolute atomic E-state index is 5.44. The first-order valence-electron chi connectivity index (χ1n) is 5.04. The van der Waals surface area contributed by atoms with E-state index in [0.717, 1.165) is 16.7 Å². The minimum absolute atomic E-state index is 0.443. The average Bonchev–Trinajstić information content (AvgIpc) is 2.15. The summed E-state index contributed by atoms with van der Waals surface area (Å²) in [5.74, 6) is 0. The molecule has 0 amide bonds. The first-order chi connectivity index (χ1) is 7.41. The normalized spacial score (nSPS) is 10.5. The van der Waals surface area contributed by atoms with Gasteiger partial charge in [-0.1, -0.05) is 36.5 Å². The second-order valence-electron chi connectivity index (χ2n) is 3.92. The van der Waals surface area contributed by atoms with Crippen molar-refractivity contribution in [3.05, 3.63) is 36.5 Å². The Morgan fingerprint density at radius 3 is 1.19 bits per heavy atom. The van der Waals surface area contributed by atoms with E-state index < -0.39 is 8.60 Å². The van der Waals surface area contributed by atoms with Crippen molar-refractivity contribution in [1.29, 1.82) is 0 Å². The van der Waals surface area contributed by atoms with Crippen LogP contribution in [0.5, 0.6) is 0 Å². The summed E-state index contributed by atoms with van der Waals surface area (Å²) in [7, 11) is -1.34. The SMILES string of the molecule is C=C(C)COP(OCC(=C)C)OCC(=C)C. The molecule has 3 nitrogen and oxygen atoms in total. The summed E-state index contributed by atoms with van der Waals surface area (Å²) in [6.07, 6.45) is 0. The predicted molar refractivity (Wildman–Crippen MR) is 69.2 cm³/mol. The van der Waals surface area contributed by atoms with Gasteiger partial charge in [0.1, 0.15) is 0 Å². The minimum atomic E-state index is -1.34. The monoisotopic (exact) mass is 244 g/mol. The Labute approximate surface area is 99.8 Å². The van der Waals surface area contributed by atoms with Crippen molar-refractivity contribution in [3.63, 3.8) is 0 Å². The molecule has 0 unspecified atom stereocenters. The molecule has 4 heteroatoms. The standard InChI is InChI=1S/C12H21O3P/c1-10(2)7-13-16(14-8-11(3)4)15-9-12(5)6/h1,3,5,7-9H2,2,4,6H3. The molecule has 0 aliphatic carbocycles. The number of hydrogen-bond donors (Lipinski definition) is 0. The van der Waals surface area contributed by atoms with Crippen LogP contribution in [-0.2, 0) is 13.6 Å². The van der Waals surface area contributed by atoms with Gasteiger partial charge in [-0.05, 0) is 20.8 Å². The Kier molecular flexibility index (Phi) is 8.40. The molecule has 0 spiro atoms. The van der Waals surface area contributed by atoms with E-state index in [4.69, 9.17) is 13.6 Å².